The Morgan fingerprint density at radius 1 is 0.732 bits per heavy atom. The Kier molecular flexibility index (Phi) is 9.27. The lowest BCUT2D eigenvalue weighted by molar-refractivity contribution is -0.119. The zero-order valence-electron chi connectivity index (χ0n) is 23.9. The van der Waals surface area contributed by atoms with E-state index in [1.165, 1.54) is 5.56 Å². The van der Waals surface area contributed by atoms with Crippen molar-refractivity contribution >= 4 is 23.1 Å². The van der Waals surface area contributed by atoms with Crippen LogP contribution in [0.25, 0.3) is 11.1 Å². The molecule has 5 nitrogen and oxygen atoms in total. The number of anilines is 2. The van der Waals surface area contributed by atoms with Gasteiger partial charge in [-0.25, -0.2) is 0 Å². The van der Waals surface area contributed by atoms with Gasteiger partial charge in [0, 0.05) is 29.0 Å². The molecule has 1 unspecified atom stereocenters. The molecule has 210 valence electrons. The van der Waals surface area contributed by atoms with Crippen molar-refractivity contribution < 1.29 is 9.59 Å². The molecule has 1 aliphatic carbocycles. The molecule has 5 rings (SSSR count). The molecular formula is C36H39N3O2. The third-order valence-electron chi connectivity index (χ3n) is 8.03. The average Bonchev–Trinajstić information content (AvgIpc) is 3.02. The first-order valence-electron chi connectivity index (χ1n) is 14.7. The number of carbonyl (C=O) groups is 2. The average molecular weight is 546 g/mol. The van der Waals surface area contributed by atoms with Crippen LogP contribution in [0.4, 0.5) is 11.4 Å². The lowest BCUT2D eigenvalue weighted by atomic mass is 9.89. The van der Waals surface area contributed by atoms with Crippen molar-refractivity contribution in [3.05, 3.63) is 120 Å². The van der Waals surface area contributed by atoms with Gasteiger partial charge in [0.1, 0.15) is 0 Å². The van der Waals surface area contributed by atoms with Gasteiger partial charge in [0.05, 0.1) is 6.04 Å². The van der Waals surface area contributed by atoms with Gasteiger partial charge in [-0.2, -0.15) is 0 Å². The molecule has 4 aromatic carbocycles. The molecule has 3 N–H and O–H groups in total. The van der Waals surface area contributed by atoms with Crippen molar-refractivity contribution in [2.45, 2.75) is 64.1 Å². The lowest BCUT2D eigenvalue weighted by Gasteiger charge is -2.32. The first-order valence-corrected chi connectivity index (χ1v) is 14.7. The molecule has 0 bridgehead atoms. The smallest absolute Gasteiger partial charge is 0.256 e. The number of nitrogens with one attached hydrogen (secondary N) is 3. The van der Waals surface area contributed by atoms with Gasteiger partial charge in [0.15, 0.2) is 5.78 Å². The summed E-state index contributed by atoms with van der Waals surface area (Å²) in [5, 5.41) is 10.3. The van der Waals surface area contributed by atoms with Crippen molar-refractivity contribution in [1.82, 2.24) is 5.32 Å². The summed E-state index contributed by atoms with van der Waals surface area (Å²) in [7, 11) is 0. The highest BCUT2D eigenvalue weighted by molar-refractivity contribution is 6.08. The van der Waals surface area contributed by atoms with Gasteiger partial charge in [0.25, 0.3) is 5.91 Å². The first-order chi connectivity index (χ1) is 20.0. The maximum atomic E-state index is 13.2. The molecule has 0 heterocycles. The van der Waals surface area contributed by atoms with E-state index in [4.69, 9.17) is 0 Å². The molecule has 0 spiro atoms. The number of benzene rings is 4. The molecule has 0 saturated heterocycles. The van der Waals surface area contributed by atoms with Crippen LogP contribution in [0.3, 0.4) is 0 Å². The van der Waals surface area contributed by atoms with Crippen LogP contribution in [-0.2, 0) is 11.2 Å². The van der Waals surface area contributed by atoms with Crippen LogP contribution in [0.5, 0.6) is 0 Å². The van der Waals surface area contributed by atoms with Crippen LogP contribution in [0.1, 0.15) is 67.1 Å². The molecular weight excluding hydrogens is 506 g/mol. The summed E-state index contributed by atoms with van der Waals surface area (Å²) >= 11 is 0. The highest BCUT2D eigenvalue weighted by atomic mass is 16.1. The second kappa shape index (κ2) is 13.4. The van der Waals surface area contributed by atoms with Gasteiger partial charge in [-0.15, -0.1) is 0 Å². The molecule has 1 amide bonds. The quantitative estimate of drug-likeness (QED) is 0.190. The fourth-order valence-electron chi connectivity index (χ4n) is 5.67. The van der Waals surface area contributed by atoms with E-state index in [0.717, 1.165) is 60.2 Å². The number of ketones is 1. The van der Waals surface area contributed by atoms with E-state index in [1.807, 2.05) is 78.9 Å². The summed E-state index contributed by atoms with van der Waals surface area (Å²) < 4.78 is 0. The van der Waals surface area contributed by atoms with Crippen molar-refractivity contribution in [1.29, 1.82) is 0 Å². The predicted molar refractivity (Wildman–Crippen MR) is 168 cm³/mol. The fraction of sp³-hybridized carbons (Fsp3) is 0.278. The highest BCUT2D eigenvalue weighted by Crippen LogP contribution is 2.27. The summed E-state index contributed by atoms with van der Waals surface area (Å²) in [4.78, 5) is 25.5. The largest absolute Gasteiger partial charge is 0.382 e. The molecule has 0 aliphatic heterocycles. The zero-order valence-corrected chi connectivity index (χ0v) is 23.9. The summed E-state index contributed by atoms with van der Waals surface area (Å²) in [6.07, 6.45) is 5.09. The monoisotopic (exact) mass is 545 g/mol. The lowest BCUT2D eigenvalue weighted by Crippen LogP contribution is -2.40. The zero-order chi connectivity index (χ0) is 28.6. The topological polar surface area (TPSA) is 70.2 Å². The predicted octanol–water partition coefficient (Wildman–Crippen LogP) is 7.81. The van der Waals surface area contributed by atoms with Crippen LogP contribution in [0.2, 0.25) is 0 Å². The number of hydrogen-bond donors (Lipinski definition) is 3. The molecule has 1 aliphatic rings. The molecule has 1 atom stereocenters. The van der Waals surface area contributed by atoms with Crippen LogP contribution in [0, 0.1) is 0 Å². The van der Waals surface area contributed by atoms with Crippen molar-refractivity contribution in [3.8, 4) is 11.1 Å². The minimum atomic E-state index is -0.248. The van der Waals surface area contributed by atoms with Gasteiger partial charge in [-0.05, 0) is 91.6 Å². The maximum absolute atomic E-state index is 13.2. The number of amides is 1. The van der Waals surface area contributed by atoms with Crippen molar-refractivity contribution in [2.24, 2.45) is 0 Å². The third-order valence-corrected chi connectivity index (χ3v) is 8.03. The van der Waals surface area contributed by atoms with Crippen LogP contribution < -0.4 is 16.0 Å². The molecule has 0 radical (unpaired) electrons. The minimum absolute atomic E-state index is 0.119. The Hall–Kier alpha value is -4.22. The van der Waals surface area contributed by atoms with E-state index in [0.29, 0.717) is 17.6 Å². The number of Topliss-reactive ketones (excluding diaryl/α,β-unsaturated/α-hetero) is 1. The normalized spacial score (nSPS) is 17.4. The summed E-state index contributed by atoms with van der Waals surface area (Å²) in [5.41, 5.74) is 6.73. The van der Waals surface area contributed by atoms with E-state index in [-0.39, 0.29) is 17.7 Å². The van der Waals surface area contributed by atoms with E-state index in [1.54, 1.807) is 6.92 Å². The van der Waals surface area contributed by atoms with E-state index in [2.05, 4.69) is 47.1 Å². The Bertz CT molecular complexity index is 1440. The Balaban J connectivity index is 1.14. The van der Waals surface area contributed by atoms with E-state index < -0.39 is 0 Å². The van der Waals surface area contributed by atoms with E-state index in [9.17, 15) is 9.59 Å². The van der Waals surface area contributed by atoms with Crippen molar-refractivity contribution in [3.63, 3.8) is 0 Å². The van der Waals surface area contributed by atoms with E-state index >= 15 is 0 Å². The first kappa shape index (κ1) is 28.3. The fourth-order valence-corrected chi connectivity index (χ4v) is 5.67. The van der Waals surface area contributed by atoms with Gasteiger partial charge < -0.3 is 16.0 Å². The van der Waals surface area contributed by atoms with Gasteiger partial charge >= 0.3 is 0 Å². The third kappa shape index (κ3) is 7.30. The Labute approximate surface area is 243 Å². The molecule has 41 heavy (non-hydrogen) atoms. The van der Waals surface area contributed by atoms with Crippen LogP contribution in [0.15, 0.2) is 103 Å². The standard InChI is InChI=1S/C36H39N3O2/c1-3-26-13-15-27(16-14-26)33-11-7-8-12-34(33)36(41)39-32-23-19-30(20-24-32)37-29-17-21-31(22-18-29)38-35(25(2)40)28-9-5-4-6-10-28/h4-16,19-20,23-24,29,31,35,37-38H,3,17-18,21-22H2,1-2H3,(H,39,41). The number of hydrogen-bond acceptors (Lipinski definition) is 4. The Morgan fingerprint density at radius 3 is 2.00 bits per heavy atom. The molecule has 4 aromatic rings. The molecule has 1 saturated carbocycles. The van der Waals surface area contributed by atoms with Crippen LogP contribution in [-0.4, -0.2) is 23.8 Å². The molecule has 1 fully saturated rings. The second-order valence-corrected chi connectivity index (χ2v) is 10.9. The summed E-state index contributed by atoms with van der Waals surface area (Å²) in [6.45, 7) is 3.80. The number of rotatable bonds is 10. The molecule has 5 heteroatoms. The summed E-state index contributed by atoms with van der Waals surface area (Å²) in [6, 6.07) is 34.5. The van der Waals surface area contributed by atoms with Gasteiger partial charge in [-0.3, -0.25) is 9.59 Å². The highest BCUT2D eigenvalue weighted by Gasteiger charge is 2.25. The number of carbonyl (C=O) groups excluding carboxylic acids is 2. The minimum Gasteiger partial charge on any atom is -0.382 e. The Morgan fingerprint density at radius 2 is 1.34 bits per heavy atom. The second-order valence-electron chi connectivity index (χ2n) is 10.9. The number of aryl methyl sites for hydroxylation is 1. The van der Waals surface area contributed by atoms with Crippen LogP contribution >= 0.6 is 0 Å². The van der Waals surface area contributed by atoms with Gasteiger partial charge in [-0.1, -0.05) is 79.7 Å². The van der Waals surface area contributed by atoms with Crippen molar-refractivity contribution in [2.75, 3.05) is 10.6 Å². The summed E-state index contributed by atoms with van der Waals surface area (Å²) in [5.74, 6) is 0.0313. The molecule has 0 aromatic heterocycles. The van der Waals surface area contributed by atoms with Gasteiger partial charge in [0.2, 0.25) is 0 Å². The SMILES string of the molecule is CCc1ccc(-c2ccccc2C(=O)Nc2ccc(NC3CCC(NC(C(C)=O)c4ccccc4)CC3)cc2)cc1. The maximum Gasteiger partial charge on any atom is 0.256 e.